The van der Waals surface area contributed by atoms with Gasteiger partial charge in [-0.15, -0.1) is 0 Å². The standard InChI is InChI=1S/C18H22N4O2/c1-12-10-15(12)22-18(19-2)20-11-13-5-7-14(8-6-13)21-17(23)16-4-3-9-24-16/h3-9,12,15H,10-11H2,1-2H3,(H,21,23)(H2,19,20,22). The first-order valence-electron chi connectivity index (χ1n) is 8.06. The Morgan fingerprint density at radius 2 is 2.04 bits per heavy atom. The zero-order valence-electron chi connectivity index (χ0n) is 13.9. The maximum absolute atomic E-state index is 11.9. The Morgan fingerprint density at radius 3 is 2.62 bits per heavy atom. The summed E-state index contributed by atoms with van der Waals surface area (Å²) in [6, 6.07) is 11.5. The lowest BCUT2D eigenvalue weighted by molar-refractivity contribution is 0.0996. The van der Waals surface area contributed by atoms with Gasteiger partial charge in [0.25, 0.3) is 5.91 Å². The molecule has 1 aliphatic rings. The lowest BCUT2D eigenvalue weighted by Gasteiger charge is -2.12. The summed E-state index contributed by atoms with van der Waals surface area (Å²) in [5.74, 6) is 1.58. The predicted molar refractivity (Wildman–Crippen MR) is 94.0 cm³/mol. The van der Waals surface area contributed by atoms with Gasteiger partial charge >= 0.3 is 0 Å². The molecule has 2 atom stereocenters. The van der Waals surface area contributed by atoms with Crippen molar-refractivity contribution >= 4 is 17.6 Å². The number of anilines is 1. The number of carbonyl (C=O) groups is 1. The third-order valence-corrected chi connectivity index (χ3v) is 4.07. The summed E-state index contributed by atoms with van der Waals surface area (Å²) >= 11 is 0. The Morgan fingerprint density at radius 1 is 1.29 bits per heavy atom. The van der Waals surface area contributed by atoms with E-state index in [1.807, 2.05) is 24.3 Å². The molecule has 1 aliphatic carbocycles. The van der Waals surface area contributed by atoms with Crippen molar-refractivity contribution < 1.29 is 9.21 Å². The van der Waals surface area contributed by atoms with E-state index in [2.05, 4.69) is 27.9 Å². The van der Waals surface area contributed by atoms with Crippen molar-refractivity contribution in [3.8, 4) is 0 Å². The minimum atomic E-state index is -0.256. The van der Waals surface area contributed by atoms with Crippen LogP contribution in [0.4, 0.5) is 5.69 Å². The monoisotopic (exact) mass is 326 g/mol. The molecule has 1 aromatic heterocycles. The Labute approximate surface area is 141 Å². The molecule has 1 aromatic carbocycles. The molecule has 24 heavy (non-hydrogen) atoms. The number of furan rings is 1. The Balaban J connectivity index is 1.50. The molecule has 0 bridgehead atoms. The third-order valence-electron chi connectivity index (χ3n) is 4.07. The van der Waals surface area contributed by atoms with Crippen molar-refractivity contribution in [3.63, 3.8) is 0 Å². The highest BCUT2D eigenvalue weighted by Gasteiger charge is 2.33. The Kier molecular flexibility index (Phi) is 4.84. The molecule has 2 unspecified atom stereocenters. The molecule has 1 heterocycles. The van der Waals surface area contributed by atoms with Gasteiger partial charge in [-0.1, -0.05) is 19.1 Å². The summed E-state index contributed by atoms with van der Waals surface area (Å²) in [4.78, 5) is 16.1. The highest BCUT2D eigenvalue weighted by Crippen LogP contribution is 2.28. The van der Waals surface area contributed by atoms with Gasteiger partial charge in [0, 0.05) is 25.3 Å². The molecule has 1 fully saturated rings. The summed E-state index contributed by atoms with van der Waals surface area (Å²) < 4.78 is 5.07. The molecule has 1 saturated carbocycles. The quantitative estimate of drug-likeness (QED) is 0.583. The van der Waals surface area contributed by atoms with E-state index in [-0.39, 0.29) is 5.91 Å². The zero-order chi connectivity index (χ0) is 16.9. The van der Waals surface area contributed by atoms with E-state index >= 15 is 0 Å². The predicted octanol–water partition coefficient (Wildman–Crippen LogP) is 2.61. The van der Waals surface area contributed by atoms with E-state index in [0.717, 1.165) is 23.1 Å². The van der Waals surface area contributed by atoms with Crippen molar-refractivity contribution in [2.45, 2.75) is 25.9 Å². The molecule has 126 valence electrons. The first-order chi connectivity index (χ1) is 11.7. The van der Waals surface area contributed by atoms with E-state index in [0.29, 0.717) is 18.3 Å². The smallest absolute Gasteiger partial charge is 0.291 e. The van der Waals surface area contributed by atoms with Crippen LogP contribution in [0, 0.1) is 5.92 Å². The van der Waals surface area contributed by atoms with Gasteiger partial charge in [0.15, 0.2) is 11.7 Å². The molecular formula is C18H22N4O2. The number of hydrogen-bond donors (Lipinski definition) is 3. The summed E-state index contributed by atoms with van der Waals surface area (Å²) in [6.07, 6.45) is 2.68. The summed E-state index contributed by atoms with van der Waals surface area (Å²) in [7, 11) is 1.77. The summed E-state index contributed by atoms with van der Waals surface area (Å²) in [5, 5.41) is 9.48. The normalized spacial score (nSPS) is 19.7. The molecule has 3 N–H and O–H groups in total. The van der Waals surface area contributed by atoms with E-state index in [1.165, 1.54) is 12.7 Å². The van der Waals surface area contributed by atoms with Crippen LogP contribution in [0.1, 0.15) is 29.5 Å². The molecule has 0 spiro atoms. The SMILES string of the molecule is CN=C(NCc1ccc(NC(=O)c2ccco2)cc1)NC1CC1C. The average Bonchev–Trinajstić information content (AvgIpc) is 3.04. The van der Waals surface area contributed by atoms with Crippen LogP contribution in [0.5, 0.6) is 0 Å². The summed E-state index contributed by atoms with van der Waals surface area (Å²) in [6.45, 7) is 2.90. The number of rotatable bonds is 5. The van der Waals surface area contributed by atoms with E-state index in [1.54, 1.807) is 19.2 Å². The third kappa shape index (κ3) is 4.16. The van der Waals surface area contributed by atoms with E-state index in [9.17, 15) is 4.79 Å². The van der Waals surface area contributed by atoms with Crippen molar-refractivity contribution in [2.24, 2.45) is 10.9 Å². The number of aliphatic imine (C=N–C) groups is 1. The largest absolute Gasteiger partial charge is 0.459 e. The zero-order valence-corrected chi connectivity index (χ0v) is 13.9. The lowest BCUT2D eigenvalue weighted by Crippen LogP contribution is -2.38. The molecule has 3 rings (SSSR count). The number of nitrogens with zero attached hydrogens (tertiary/aromatic N) is 1. The molecule has 0 saturated heterocycles. The van der Waals surface area contributed by atoms with E-state index < -0.39 is 0 Å². The van der Waals surface area contributed by atoms with Crippen LogP contribution in [-0.4, -0.2) is 25.0 Å². The molecule has 6 nitrogen and oxygen atoms in total. The van der Waals surface area contributed by atoms with Crippen LogP contribution in [0.2, 0.25) is 0 Å². The highest BCUT2D eigenvalue weighted by atomic mass is 16.3. The second kappa shape index (κ2) is 7.21. The Bertz CT molecular complexity index is 707. The first-order valence-corrected chi connectivity index (χ1v) is 8.06. The second-order valence-corrected chi connectivity index (χ2v) is 6.02. The molecular weight excluding hydrogens is 304 g/mol. The minimum Gasteiger partial charge on any atom is -0.459 e. The molecule has 0 radical (unpaired) electrons. The second-order valence-electron chi connectivity index (χ2n) is 6.02. The highest BCUT2D eigenvalue weighted by molar-refractivity contribution is 6.02. The molecule has 2 aromatic rings. The van der Waals surface area contributed by atoms with Crippen LogP contribution < -0.4 is 16.0 Å². The first kappa shape index (κ1) is 16.1. The van der Waals surface area contributed by atoms with Crippen LogP contribution in [0.15, 0.2) is 52.1 Å². The molecule has 0 aliphatic heterocycles. The van der Waals surface area contributed by atoms with Crippen molar-refractivity contribution in [2.75, 3.05) is 12.4 Å². The van der Waals surface area contributed by atoms with Gasteiger partial charge < -0.3 is 20.4 Å². The fraction of sp³-hybridized carbons (Fsp3) is 0.333. The number of guanidine groups is 1. The van der Waals surface area contributed by atoms with Crippen molar-refractivity contribution in [1.82, 2.24) is 10.6 Å². The average molecular weight is 326 g/mol. The number of hydrogen-bond acceptors (Lipinski definition) is 3. The number of nitrogens with one attached hydrogen (secondary N) is 3. The topological polar surface area (TPSA) is 78.7 Å². The maximum atomic E-state index is 11.9. The van der Waals surface area contributed by atoms with Crippen LogP contribution in [0.25, 0.3) is 0 Å². The van der Waals surface area contributed by atoms with Crippen LogP contribution >= 0.6 is 0 Å². The fourth-order valence-corrected chi connectivity index (χ4v) is 2.39. The van der Waals surface area contributed by atoms with Gasteiger partial charge in [-0.3, -0.25) is 9.79 Å². The Hall–Kier alpha value is -2.76. The number of amides is 1. The summed E-state index contributed by atoms with van der Waals surface area (Å²) in [5.41, 5.74) is 1.84. The van der Waals surface area contributed by atoms with Gasteiger partial charge in [-0.2, -0.15) is 0 Å². The van der Waals surface area contributed by atoms with Crippen LogP contribution in [0.3, 0.4) is 0 Å². The van der Waals surface area contributed by atoms with Crippen molar-refractivity contribution in [1.29, 1.82) is 0 Å². The fourth-order valence-electron chi connectivity index (χ4n) is 2.39. The lowest BCUT2D eigenvalue weighted by atomic mass is 10.2. The van der Waals surface area contributed by atoms with Gasteiger partial charge in [0.1, 0.15) is 0 Å². The van der Waals surface area contributed by atoms with Crippen LogP contribution in [-0.2, 0) is 6.54 Å². The minimum absolute atomic E-state index is 0.256. The number of carbonyl (C=O) groups excluding carboxylic acids is 1. The van der Waals surface area contributed by atoms with Gasteiger partial charge in [0.05, 0.1) is 6.26 Å². The number of benzene rings is 1. The molecule has 1 amide bonds. The van der Waals surface area contributed by atoms with Crippen molar-refractivity contribution in [3.05, 3.63) is 54.0 Å². The van der Waals surface area contributed by atoms with Gasteiger partial charge in [-0.25, -0.2) is 0 Å². The van der Waals surface area contributed by atoms with Gasteiger partial charge in [-0.05, 0) is 42.2 Å². The van der Waals surface area contributed by atoms with E-state index in [4.69, 9.17) is 4.42 Å². The molecule has 6 heteroatoms. The maximum Gasteiger partial charge on any atom is 0.291 e. The van der Waals surface area contributed by atoms with Gasteiger partial charge in [0.2, 0.25) is 0 Å².